The van der Waals surface area contributed by atoms with Crippen LogP contribution in [0.3, 0.4) is 0 Å². The average Bonchev–Trinajstić information content (AvgIpc) is 3.50. The number of hydrogen-bond acceptors (Lipinski definition) is 5. The average molecular weight is 481 g/mol. The second-order valence-corrected chi connectivity index (χ2v) is 9.43. The van der Waals surface area contributed by atoms with E-state index in [1.807, 2.05) is 47.0 Å². The van der Waals surface area contributed by atoms with Crippen LogP contribution in [0.15, 0.2) is 73.2 Å². The minimum atomic E-state index is -0.682. The molecule has 0 bridgehead atoms. The molecule has 4 aromatic rings. The number of carbonyl (C=O) groups excluding carboxylic acids is 2. The molecule has 2 aliphatic heterocycles. The van der Waals surface area contributed by atoms with E-state index in [4.69, 9.17) is 0 Å². The number of fused-ring (bicyclic) bond motifs is 2. The van der Waals surface area contributed by atoms with Crippen molar-refractivity contribution in [3.63, 3.8) is 0 Å². The van der Waals surface area contributed by atoms with Crippen LogP contribution < -0.4 is 5.32 Å². The zero-order chi connectivity index (χ0) is 24.6. The van der Waals surface area contributed by atoms with Gasteiger partial charge in [-0.3, -0.25) is 9.20 Å². The van der Waals surface area contributed by atoms with Crippen molar-refractivity contribution in [2.75, 3.05) is 6.54 Å². The summed E-state index contributed by atoms with van der Waals surface area (Å²) in [5.41, 5.74) is 6.77. The third-order valence-corrected chi connectivity index (χ3v) is 7.06. The fourth-order valence-electron chi connectivity index (χ4n) is 5.23. The highest BCUT2D eigenvalue weighted by atomic mass is 16.3. The van der Waals surface area contributed by atoms with E-state index < -0.39 is 11.9 Å². The molecule has 2 aromatic heterocycles. The van der Waals surface area contributed by atoms with Gasteiger partial charge >= 0.3 is 5.91 Å². The van der Waals surface area contributed by atoms with Crippen LogP contribution in [0, 0.1) is 4.91 Å². The van der Waals surface area contributed by atoms with Crippen LogP contribution in [0.2, 0.25) is 0 Å². The normalized spacial score (nSPS) is 17.7. The van der Waals surface area contributed by atoms with Gasteiger partial charge in [-0.25, -0.2) is 9.78 Å². The second-order valence-electron chi connectivity index (χ2n) is 9.43. The summed E-state index contributed by atoms with van der Waals surface area (Å²) in [4.78, 5) is 43.3. The molecule has 1 atom stereocenters. The molecule has 6 rings (SSSR count). The second kappa shape index (κ2) is 9.13. The summed E-state index contributed by atoms with van der Waals surface area (Å²) in [7, 11) is 0. The number of pyridine rings is 1. The Kier molecular flexibility index (Phi) is 5.65. The number of carbonyl (C=O) groups is 2. The molecule has 0 aliphatic carbocycles. The molecule has 0 radical (unpaired) electrons. The molecule has 0 spiro atoms. The fourth-order valence-corrected chi connectivity index (χ4v) is 5.23. The summed E-state index contributed by atoms with van der Waals surface area (Å²) >= 11 is 0. The monoisotopic (exact) mass is 480 g/mol. The van der Waals surface area contributed by atoms with Crippen molar-refractivity contribution in [1.82, 2.24) is 19.6 Å². The quantitative estimate of drug-likeness (QED) is 0.425. The van der Waals surface area contributed by atoms with Crippen molar-refractivity contribution >= 4 is 17.3 Å². The van der Waals surface area contributed by atoms with Gasteiger partial charge in [0.2, 0.25) is 6.54 Å². The molecule has 2 aliphatic rings. The summed E-state index contributed by atoms with van der Waals surface area (Å²) in [6.45, 7) is 2.01. The van der Waals surface area contributed by atoms with E-state index in [-0.39, 0.29) is 12.5 Å². The molecule has 8 nitrogen and oxygen atoms in total. The number of amides is 2. The number of hydrogen-bond donors (Lipinski definition) is 1. The molecule has 0 saturated carbocycles. The first-order valence-electron chi connectivity index (χ1n) is 12.2. The molecule has 8 heteroatoms. The molecule has 2 aromatic carbocycles. The Labute approximate surface area is 208 Å². The van der Waals surface area contributed by atoms with E-state index in [1.165, 1.54) is 5.56 Å². The Bertz CT molecular complexity index is 1490. The first kappa shape index (κ1) is 22.3. The van der Waals surface area contributed by atoms with Crippen LogP contribution in [-0.2, 0) is 24.4 Å². The lowest BCUT2D eigenvalue weighted by molar-refractivity contribution is -0.480. The van der Waals surface area contributed by atoms with Gasteiger partial charge in [0, 0.05) is 36.5 Å². The lowest BCUT2D eigenvalue weighted by Gasteiger charge is -2.24. The number of nitrogens with zero attached hydrogens (tertiary/aromatic N) is 4. The van der Waals surface area contributed by atoms with Crippen molar-refractivity contribution in [2.45, 2.75) is 38.5 Å². The van der Waals surface area contributed by atoms with Crippen LogP contribution in [-0.4, -0.2) is 43.4 Å². The highest BCUT2D eigenvalue weighted by Gasteiger charge is 2.45. The molecule has 36 heavy (non-hydrogen) atoms. The van der Waals surface area contributed by atoms with Gasteiger partial charge in [-0.2, -0.15) is 0 Å². The molecular formula is C28H26N5O3+. The molecule has 4 heterocycles. The molecule has 1 unspecified atom stereocenters. The summed E-state index contributed by atoms with van der Waals surface area (Å²) in [5.74, 6) is -0.699. The fraction of sp³-hybridized carbons (Fsp3) is 0.250. The van der Waals surface area contributed by atoms with Crippen LogP contribution in [0.25, 0.3) is 16.8 Å². The first-order chi connectivity index (χ1) is 17.6. The van der Waals surface area contributed by atoms with Gasteiger partial charge in [-0.15, -0.1) is 0 Å². The molecule has 1 N–H and O–H groups in total. The van der Waals surface area contributed by atoms with E-state index in [9.17, 15) is 14.5 Å². The largest absolute Gasteiger partial charge is 0.455 e. The number of imidazole rings is 1. The van der Waals surface area contributed by atoms with E-state index in [0.29, 0.717) is 36.3 Å². The lowest BCUT2D eigenvalue weighted by atomic mass is 10.0. The molecule has 1 saturated heterocycles. The van der Waals surface area contributed by atoms with E-state index in [2.05, 4.69) is 34.6 Å². The zero-order valence-corrected chi connectivity index (χ0v) is 19.8. The highest BCUT2D eigenvalue weighted by Crippen LogP contribution is 2.32. The standard InChI is InChI=1S/C28H26N5O3/c34-27-24-9-8-21(13-22(24)17-31(27)25-7-4-10-33(36)28(25)35)26-12-20(11-23-16-30-18-32(23)26)15-29-14-19-5-2-1-3-6-19/h1-3,5-6,8-9,11-13,16,18,25,29H,4,7,10,14-15,17H2/q+1. The van der Waals surface area contributed by atoms with Crippen LogP contribution in [0.5, 0.6) is 0 Å². The molecule has 180 valence electrons. The van der Waals surface area contributed by atoms with Crippen LogP contribution in [0.4, 0.5) is 0 Å². The number of benzene rings is 2. The van der Waals surface area contributed by atoms with Crippen molar-refractivity contribution in [3.05, 3.63) is 100 Å². The van der Waals surface area contributed by atoms with Crippen LogP contribution >= 0.6 is 0 Å². The Morgan fingerprint density at radius 3 is 2.69 bits per heavy atom. The number of nitroso groups, excluding NO2 is 1. The van der Waals surface area contributed by atoms with Gasteiger partial charge in [0.25, 0.3) is 5.91 Å². The maximum absolute atomic E-state index is 13.1. The number of rotatable bonds is 6. The van der Waals surface area contributed by atoms with Gasteiger partial charge in [0.05, 0.1) is 28.5 Å². The van der Waals surface area contributed by atoms with E-state index >= 15 is 0 Å². The number of piperidine rings is 1. The maximum atomic E-state index is 13.1. The zero-order valence-electron chi connectivity index (χ0n) is 19.8. The SMILES string of the molecule is O=C1c2ccc(-c3cc(CNCc4ccccc4)cc4cncn34)cc2CN1C1CCC[N+](=O)C1=O. The van der Waals surface area contributed by atoms with Gasteiger partial charge in [-0.05, 0) is 52.9 Å². The van der Waals surface area contributed by atoms with Crippen molar-refractivity contribution in [3.8, 4) is 11.3 Å². The molecule has 2 amide bonds. The summed E-state index contributed by atoms with van der Waals surface area (Å²) < 4.78 is 2.53. The van der Waals surface area contributed by atoms with Gasteiger partial charge in [0.1, 0.15) is 0 Å². The minimum absolute atomic E-state index is 0.183. The predicted octanol–water partition coefficient (Wildman–Crippen LogP) is 3.71. The Balaban J connectivity index is 1.27. The van der Waals surface area contributed by atoms with E-state index in [1.54, 1.807) is 11.2 Å². The topological polar surface area (TPSA) is 86.8 Å². The molecular weight excluding hydrogens is 454 g/mol. The Morgan fingerprint density at radius 1 is 1.00 bits per heavy atom. The first-order valence-corrected chi connectivity index (χ1v) is 12.2. The third kappa shape index (κ3) is 3.99. The third-order valence-electron chi connectivity index (χ3n) is 7.06. The smallest absolute Gasteiger partial charge is 0.317 e. The lowest BCUT2D eigenvalue weighted by Crippen LogP contribution is -2.48. The van der Waals surface area contributed by atoms with Crippen LogP contribution in [0.1, 0.15) is 39.9 Å². The Hall–Kier alpha value is -4.17. The minimum Gasteiger partial charge on any atom is -0.317 e. The Morgan fingerprint density at radius 2 is 1.83 bits per heavy atom. The van der Waals surface area contributed by atoms with Crippen molar-refractivity contribution < 1.29 is 14.3 Å². The summed E-state index contributed by atoms with van der Waals surface area (Å²) in [6.07, 6.45) is 4.76. The number of nitrogens with one attached hydrogen (secondary N) is 1. The van der Waals surface area contributed by atoms with E-state index in [0.717, 1.165) is 34.4 Å². The highest BCUT2D eigenvalue weighted by molar-refractivity contribution is 6.01. The van der Waals surface area contributed by atoms with Gasteiger partial charge < -0.3 is 10.2 Å². The van der Waals surface area contributed by atoms with Crippen molar-refractivity contribution in [1.29, 1.82) is 0 Å². The number of aromatic nitrogens is 2. The van der Waals surface area contributed by atoms with Gasteiger partial charge in [0.15, 0.2) is 6.04 Å². The summed E-state index contributed by atoms with van der Waals surface area (Å²) in [5, 5.41) is 3.51. The predicted molar refractivity (Wildman–Crippen MR) is 134 cm³/mol. The molecule has 1 fully saturated rings. The van der Waals surface area contributed by atoms with Crippen molar-refractivity contribution in [2.24, 2.45) is 0 Å². The van der Waals surface area contributed by atoms with Gasteiger partial charge in [-0.1, -0.05) is 36.4 Å². The maximum Gasteiger partial charge on any atom is 0.455 e. The summed E-state index contributed by atoms with van der Waals surface area (Å²) in [6, 6.07) is 19.7.